The Morgan fingerprint density at radius 2 is 1.73 bits per heavy atom. The van der Waals surface area contributed by atoms with E-state index in [9.17, 15) is 0 Å². The van der Waals surface area contributed by atoms with Crippen molar-refractivity contribution >= 4 is 5.71 Å². The van der Waals surface area contributed by atoms with Crippen LogP contribution in [0.2, 0.25) is 0 Å². The van der Waals surface area contributed by atoms with Crippen LogP contribution in [0.1, 0.15) is 41.5 Å². The van der Waals surface area contributed by atoms with Crippen molar-refractivity contribution in [3.63, 3.8) is 0 Å². The van der Waals surface area contributed by atoms with Crippen LogP contribution < -0.4 is 0 Å². The molecule has 0 atom stereocenters. The molecule has 0 aromatic carbocycles. The molecule has 0 bridgehead atoms. The third-order valence-electron chi connectivity index (χ3n) is 1.26. The topological polar surface area (TPSA) is 12.4 Å². The number of hydrogen-bond donors (Lipinski definition) is 0. The summed E-state index contributed by atoms with van der Waals surface area (Å²) in [6.45, 7) is 12.3. The Bertz CT molecular complexity index is 121. The highest BCUT2D eigenvalue weighted by Crippen LogP contribution is 1.95. The van der Waals surface area contributed by atoms with Gasteiger partial charge >= 0.3 is 0 Å². The molecule has 0 aliphatic rings. The molecule has 0 saturated heterocycles. The molecular formula is C10H21N. The molecule has 1 heteroatoms. The Kier molecular flexibility index (Phi) is 11.1. The van der Waals surface area contributed by atoms with E-state index in [1.807, 2.05) is 40.0 Å². The largest absolute Gasteiger partial charge is 0.266 e. The van der Waals surface area contributed by atoms with Crippen molar-refractivity contribution in [1.29, 1.82) is 0 Å². The maximum Gasteiger partial charge on any atom is 0.0224 e. The van der Waals surface area contributed by atoms with Crippen molar-refractivity contribution in [3.05, 3.63) is 12.3 Å². The van der Waals surface area contributed by atoms with Gasteiger partial charge in [0.25, 0.3) is 0 Å². The van der Waals surface area contributed by atoms with Gasteiger partial charge in [-0.25, -0.2) is 0 Å². The second-order valence-corrected chi connectivity index (χ2v) is 2.41. The number of hydrogen-bond acceptors (Lipinski definition) is 1. The van der Waals surface area contributed by atoms with E-state index in [1.54, 1.807) is 0 Å². The van der Waals surface area contributed by atoms with E-state index in [0.29, 0.717) is 5.92 Å². The molecule has 0 fully saturated rings. The molecule has 0 amide bonds. The molecule has 0 aromatic rings. The van der Waals surface area contributed by atoms with Crippen molar-refractivity contribution < 1.29 is 0 Å². The van der Waals surface area contributed by atoms with Crippen LogP contribution in [0.3, 0.4) is 0 Å². The first-order valence-corrected chi connectivity index (χ1v) is 4.34. The van der Waals surface area contributed by atoms with Gasteiger partial charge in [-0.1, -0.05) is 33.8 Å². The maximum absolute atomic E-state index is 4.18. The zero-order valence-corrected chi connectivity index (χ0v) is 8.68. The summed E-state index contributed by atoms with van der Waals surface area (Å²) in [5.74, 6) is 0.571. The lowest BCUT2D eigenvalue weighted by Gasteiger charge is -1.99. The van der Waals surface area contributed by atoms with E-state index in [4.69, 9.17) is 0 Å². The van der Waals surface area contributed by atoms with Crippen LogP contribution in [0.5, 0.6) is 0 Å². The summed E-state index contributed by atoms with van der Waals surface area (Å²) in [7, 11) is 0. The van der Waals surface area contributed by atoms with Gasteiger partial charge in [-0.15, -0.1) is 0 Å². The van der Waals surface area contributed by atoms with Gasteiger partial charge in [0.05, 0.1) is 0 Å². The Balaban J connectivity index is 0. The van der Waals surface area contributed by atoms with Crippen LogP contribution >= 0.6 is 0 Å². The van der Waals surface area contributed by atoms with Gasteiger partial charge in [-0.3, -0.25) is 4.99 Å². The first-order valence-electron chi connectivity index (χ1n) is 4.34. The Morgan fingerprint density at radius 1 is 1.27 bits per heavy atom. The second kappa shape index (κ2) is 9.41. The predicted octanol–water partition coefficient (Wildman–Crippen LogP) is 3.66. The van der Waals surface area contributed by atoms with E-state index >= 15 is 0 Å². The van der Waals surface area contributed by atoms with Crippen LogP contribution in [-0.2, 0) is 0 Å². The highest BCUT2D eigenvalue weighted by Gasteiger charge is 1.93. The minimum Gasteiger partial charge on any atom is -0.266 e. The number of allylic oxidation sites excluding steroid dienone is 1. The zero-order valence-electron chi connectivity index (χ0n) is 8.68. The lowest BCUT2D eigenvalue weighted by Crippen LogP contribution is -1.99. The quantitative estimate of drug-likeness (QED) is 0.540. The van der Waals surface area contributed by atoms with Gasteiger partial charge in [0, 0.05) is 11.9 Å². The fourth-order valence-electron chi connectivity index (χ4n) is 0.341. The standard InChI is InChI=1S/C8H15N.C2H6/c1-5-6-9-8(4)7(2)3;1-2/h5-7H,1-4H3;1-2H3/b6-5-,9-8?;. The molecule has 11 heavy (non-hydrogen) atoms. The number of nitrogens with zero attached hydrogens (tertiary/aromatic N) is 1. The molecule has 0 rings (SSSR count). The Morgan fingerprint density at radius 3 is 2.00 bits per heavy atom. The summed E-state index contributed by atoms with van der Waals surface area (Å²) < 4.78 is 0. The van der Waals surface area contributed by atoms with Gasteiger partial charge in [-0.2, -0.15) is 0 Å². The Labute approximate surface area is 71.2 Å². The molecule has 0 spiro atoms. The monoisotopic (exact) mass is 155 g/mol. The average Bonchev–Trinajstić information content (AvgIpc) is 2.03. The van der Waals surface area contributed by atoms with Crippen LogP contribution in [0.25, 0.3) is 0 Å². The number of rotatable bonds is 2. The fourth-order valence-corrected chi connectivity index (χ4v) is 0.341. The minimum atomic E-state index is 0.571. The summed E-state index contributed by atoms with van der Waals surface area (Å²) in [5.41, 5.74) is 1.19. The first-order chi connectivity index (χ1) is 5.18. The van der Waals surface area contributed by atoms with E-state index in [0.717, 1.165) is 0 Å². The summed E-state index contributed by atoms with van der Waals surface area (Å²) >= 11 is 0. The molecular weight excluding hydrogens is 134 g/mol. The van der Waals surface area contributed by atoms with Gasteiger partial charge in [0.2, 0.25) is 0 Å². The van der Waals surface area contributed by atoms with Gasteiger partial charge in [0.1, 0.15) is 0 Å². The number of aliphatic imine (C=N–C) groups is 1. The minimum absolute atomic E-state index is 0.571. The lowest BCUT2D eigenvalue weighted by molar-refractivity contribution is 0.878. The van der Waals surface area contributed by atoms with Crippen LogP contribution in [0.15, 0.2) is 17.3 Å². The average molecular weight is 155 g/mol. The second-order valence-electron chi connectivity index (χ2n) is 2.41. The van der Waals surface area contributed by atoms with E-state index < -0.39 is 0 Å². The molecule has 0 saturated carbocycles. The van der Waals surface area contributed by atoms with Crippen molar-refractivity contribution in [2.45, 2.75) is 41.5 Å². The molecule has 66 valence electrons. The molecule has 0 radical (unpaired) electrons. The molecule has 0 aliphatic heterocycles. The van der Waals surface area contributed by atoms with Crippen molar-refractivity contribution in [3.8, 4) is 0 Å². The van der Waals surface area contributed by atoms with Crippen LogP contribution in [0.4, 0.5) is 0 Å². The third-order valence-corrected chi connectivity index (χ3v) is 1.26. The Hall–Kier alpha value is -0.590. The lowest BCUT2D eigenvalue weighted by atomic mass is 10.1. The van der Waals surface area contributed by atoms with Gasteiger partial charge < -0.3 is 0 Å². The predicted molar refractivity (Wildman–Crippen MR) is 54.1 cm³/mol. The van der Waals surface area contributed by atoms with Crippen LogP contribution in [-0.4, -0.2) is 5.71 Å². The summed E-state index contributed by atoms with van der Waals surface area (Å²) in [4.78, 5) is 4.18. The molecule has 0 heterocycles. The van der Waals surface area contributed by atoms with E-state index in [-0.39, 0.29) is 0 Å². The van der Waals surface area contributed by atoms with Crippen molar-refractivity contribution in [2.24, 2.45) is 10.9 Å². The van der Waals surface area contributed by atoms with Crippen LogP contribution in [0, 0.1) is 5.92 Å². The summed E-state index contributed by atoms with van der Waals surface area (Å²) in [6.07, 6.45) is 3.77. The maximum atomic E-state index is 4.18. The van der Waals surface area contributed by atoms with Crippen molar-refractivity contribution in [1.82, 2.24) is 0 Å². The van der Waals surface area contributed by atoms with E-state index in [2.05, 4.69) is 18.8 Å². The molecule has 0 N–H and O–H groups in total. The van der Waals surface area contributed by atoms with Crippen molar-refractivity contribution in [2.75, 3.05) is 0 Å². The first kappa shape index (κ1) is 13.0. The van der Waals surface area contributed by atoms with Gasteiger partial charge in [0.15, 0.2) is 0 Å². The molecule has 0 unspecified atom stereocenters. The smallest absolute Gasteiger partial charge is 0.0224 e. The zero-order chi connectivity index (χ0) is 9.28. The molecule has 1 nitrogen and oxygen atoms in total. The summed E-state index contributed by atoms with van der Waals surface area (Å²) in [5, 5.41) is 0. The van der Waals surface area contributed by atoms with E-state index in [1.165, 1.54) is 5.71 Å². The fraction of sp³-hybridized carbons (Fsp3) is 0.700. The highest BCUT2D eigenvalue weighted by atomic mass is 14.7. The molecule has 0 aromatic heterocycles. The van der Waals surface area contributed by atoms with Gasteiger partial charge in [-0.05, 0) is 19.8 Å². The SMILES string of the molecule is C/C=C\N=C(C)C(C)C.CC. The normalized spacial score (nSPS) is 11.7. The third kappa shape index (κ3) is 9.41. The molecule has 0 aliphatic carbocycles. The summed E-state index contributed by atoms with van der Waals surface area (Å²) in [6, 6.07) is 0. The highest BCUT2D eigenvalue weighted by molar-refractivity contribution is 5.84.